The van der Waals surface area contributed by atoms with Crippen molar-refractivity contribution >= 4 is 0 Å². The van der Waals surface area contributed by atoms with Crippen molar-refractivity contribution in [1.82, 2.24) is 14.8 Å². The molecule has 1 rings (SSSR count). The molecule has 0 aliphatic rings. The summed E-state index contributed by atoms with van der Waals surface area (Å²) in [5, 5.41) is 14.2. The summed E-state index contributed by atoms with van der Waals surface area (Å²) in [7, 11) is 0. The van der Waals surface area contributed by atoms with E-state index in [1.807, 2.05) is 0 Å². The maximum atomic E-state index is 11.3. The van der Waals surface area contributed by atoms with Crippen molar-refractivity contribution in [2.45, 2.75) is 38.8 Å². The van der Waals surface area contributed by atoms with E-state index in [2.05, 4.69) is 10.2 Å². The van der Waals surface area contributed by atoms with Gasteiger partial charge in [0.25, 0.3) is 0 Å². The number of nitrogens with one attached hydrogen (secondary N) is 2. The van der Waals surface area contributed by atoms with E-state index in [0.29, 0.717) is 0 Å². The zero-order chi connectivity index (χ0) is 11.1. The topological polar surface area (TPSA) is 90.9 Å². The second-order valence-corrected chi connectivity index (χ2v) is 4.31. The van der Waals surface area contributed by atoms with Crippen molar-refractivity contribution in [1.29, 1.82) is 0 Å². The van der Waals surface area contributed by atoms with Crippen LogP contribution in [0.1, 0.15) is 27.7 Å². The number of hydrogen-bond donors (Lipinski definition) is 3. The van der Waals surface area contributed by atoms with Crippen LogP contribution in [-0.4, -0.2) is 25.5 Å². The normalized spacial score (nSPS) is 13.2. The molecule has 0 spiro atoms. The number of hydrogen-bond acceptors (Lipinski definition) is 3. The molecule has 0 unspecified atom stereocenters. The lowest BCUT2D eigenvalue weighted by Crippen LogP contribution is -2.54. The first-order chi connectivity index (χ1) is 6.18. The van der Waals surface area contributed by atoms with Gasteiger partial charge in [-0.2, -0.15) is 0 Å². The van der Waals surface area contributed by atoms with Gasteiger partial charge in [-0.25, -0.2) is 24.4 Å². The average molecular weight is 201 g/mol. The molecule has 6 heteroatoms. The van der Waals surface area contributed by atoms with Gasteiger partial charge in [0.1, 0.15) is 0 Å². The van der Waals surface area contributed by atoms with Crippen LogP contribution in [0.5, 0.6) is 0 Å². The van der Waals surface area contributed by atoms with E-state index in [0.717, 1.165) is 4.57 Å². The third-order valence-electron chi connectivity index (χ3n) is 2.74. The summed E-state index contributed by atoms with van der Waals surface area (Å²) >= 11 is 0. The zero-order valence-electron chi connectivity index (χ0n) is 8.71. The molecule has 3 N–H and O–H groups in total. The van der Waals surface area contributed by atoms with E-state index in [4.69, 9.17) is 0 Å². The predicted octanol–water partition coefficient (Wildman–Crippen LogP) is -0.629. The zero-order valence-corrected chi connectivity index (χ0v) is 8.71. The molecule has 0 saturated heterocycles. The highest BCUT2D eigenvalue weighted by atomic mass is 16.3. The second kappa shape index (κ2) is 2.84. The van der Waals surface area contributed by atoms with Crippen LogP contribution in [0.4, 0.5) is 0 Å². The summed E-state index contributed by atoms with van der Waals surface area (Å²) in [5.41, 5.74) is -3.26. The molecule has 0 aromatic carbocycles. The van der Waals surface area contributed by atoms with Gasteiger partial charge in [0, 0.05) is 0 Å². The Bertz CT molecular complexity index is 402. The van der Waals surface area contributed by atoms with Crippen LogP contribution in [-0.2, 0) is 5.54 Å². The Morgan fingerprint density at radius 3 is 1.71 bits per heavy atom. The molecule has 0 radical (unpaired) electrons. The molecule has 1 aromatic rings. The van der Waals surface area contributed by atoms with Crippen molar-refractivity contribution in [3.8, 4) is 0 Å². The van der Waals surface area contributed by atoms with Gasteiger partial charge < -0.3 is 5.11 Å². The summed E-state index contributed by atoms with van der Waals surface area (Å²) in [6.07, 6.45) is 0. The molecular weight excluding hydrogens is 186 g/mol. The molecule has 0 saturated carbocycles. The number of nitrogens with zero attached hydrogens (tertiary/aromatic N) is 1. The summed E-state index contributed by atoms with van der Waals surface area (Å²) in [6.45, 7) is 6.34. The van der Waals surface area contributed by atoms with Crippen LogP contribution in [0.25, 0.3) is 0 Å². The molecule has 0 bridgehead atoms. The van der Waals surface area contributed by atoms with Crippen molar-refractivity contribution in [2.75, 3.05) is 0 Å². The van der Waals surface area contributed by atoms with Crippen LogP contribution in [0.2, 0.25) is 0 Å². The highest BCUT2D eigenvalue weighted by molar-refractivity contribution is 4.93. The Hall–Kier alpha value is -1.30. The predicted molar refractivity (Wildman–Crippen MR) is 51.3 cm³/mol. The number of aromatic nitrogens is 3. The number of aromatic amines is 2. The quantitative estimate of drug-likeness (QED) is 0.595. The lowest BCUT2D eigenvalue weighted by atomic mass is 9.86. The highest BCUT2D eigenvalue weighted by Crippen LogP contribution is 2.25. The van der Waals surface area contributed by atoms with Crippen molar-refractivity contribution < 1.29 is 5.11 Å². The van der Waals surface area contributed by atoms with E-state index in [9.17, 15) is 14.7 Å². The Morgan fingerprint density at radius 2 is 1.43 bits per heavy atom. The molecule has 0 atom stereocenters. The van der Waals surface area contributed by atoms with Crippen LogP contribution in [0.3, 0.4) is 0 Å². The standard InChI is InChI=1S/C8H15N3O3/c1-7(2,8(3,4)14)11-5(12)9-10-6(11)13/h14H,1-4H3,(H,9,12)(H,10,13). The molecule has 80 valence electrons. The molecule has 0 aliphatic carbocycles. The smallest absolute Gasteiger partial charge is 0.344 e. The highest BCUT2D eigenvalue weighted by Gasteiger charge is 2.39. The molecule has 0 aliphatic heterocycles. The van der Waals surface area contributed by atoms with Crippen LogP contribution < -0.4 is 11.4 Å². The minimum atomic E-state index is -1.17. The maximum Gasteiger partial charge on any atom is 0.344 e. The third-order valence-corrected chi connectivity index (χ3v) is 2.74. The second-order valence-electron chi connectivity index (χ2n) is 4.31. The summed E-state index contributed by atoms with van der Waals surface area (Å²) < 4.78 is 0.965. The van der Waals surface area contributed by atoms with Crippen LogP contribution >= 0.6 is 0 Å². The largest absolute Gasteiger partial charge is 0.388 e. The lowest BCUT2D eigenvalue weighted by Gasteiger charge is -2.36. The number of aliphatic hydroxyl groups is 1. The Balaban J connectivity index is 3.45. The molecular formula is C8H15N3O3. The van der Waals surface area contributed by atoms with Gasteiger partial charge in [0.05, 0.1) is 11.1 Å². The fourth-order valence-electron chi connectivity index (χ4n) is 1.09. The molecule has 0 amide bonds. The molecule has 0 fully saturated rings. The maximum absolute atomic E-state index is 11.3. The summed E-state index contributed by atoms with van der Waals surface area (Å²) in [4.78, 5) is 22.6. The van der Waals surface area contributed by atoms with E-state index in [-0.39, 0.29) is 0 Å². The summed E-state index contributed by atoms with van der Waals surface area (Å²) in [5.74, 6) is 0. The first-order valence-electron chi connectivity index (χ1n) is 4.30. The monoisotopic (exact) mass is 201 g/mol. The Labute approximate surface area is 80.6 Å². The van der Waals surface area contributed by atoms with Crippen LogP contribution in [0, 0.1) is 0 Å². The number of rotatable bonds is 2. The molecule has 1 aromatic heterocycles. The Morgan fingerprint density at radius 1 is 1.07 bits per heavy atom. The van der Waals surface area contributed by atoms with E-state index >= 15 is 0 Å². The van der Waals surface area contributed by atoms with E-state index in [1.54, 1.807) is 27.7 Å². The van der Waals surface area contributed by atoms with Gasteiger partial charge in [-0.3, -0.25) is 0 Å². The van der Waals surface area contributed by atoms with Gasteiger partial charge >= 0.3 is 11.4 Å². The molecule has 6 nitrogen and oxygen atoms in total. The minimum absolute atomic E-state index is 0.554. The third kappa shape index (κ3) is 1.41. The van der Waals surface area contributed by atoms with E-state index < -0.39 is 22.5 Å². The van der Waals surface area contributed by atoms with Gasteiger partial charge in [0.2, 0.25) is 0 Å². The van der Waals surface area contributed by atoms with Gasteiger partial charge in [0.15, 0.2) is 0 Å². The minimum Gasteiger partial charge on any atom is -0.388 e. The van der Waals surface area contributed by atoms with Crippen LogP contribution in [0.15, 0.2) is 9.59 Å². The van der Waals surface area contributed by atoms with Crippen molar-refractivity contribution in [3.63, 3.8) is 0 Å². The first-order valence-corrected chi connectivity index (χ1v) is 4.30. The van der Waals surface area contributed by atoms with Gasteiger partial charge in [-0.05, 0) is 27.7 Å². The van der Waals surface area contributed by atoms with Crippen molar-refractivity contribution in [2.24, 2.45) is 0 Å². The van der Waals surface area contributed by atoms with Gasteiger partial charge in [-0.15, -0.1) is 0 Å². The first kappa shape index (κ1) is 10.8. The Kier molecular flexibility index (Phi) is 2.19. The van der Waals surface area contributed by atoms with Gasteiger partial charge in [-0.1, -0.05) is 0 Å². The van der Waals surface area contributed by atoms with Crippen molar-refractivity contribution in [3.05, 3.63) is 21.0 Å². The number of H-pyrrole nitrogens is 2. The van der Waals surface area contributed by atoms with E-state index in [1.165, 1.54) is 0 Å². The SMILES string of the molecule is CC(C)(O)C(C)(C)n1c(=O)[nH][nH]c1=O. The lowest BCUT2D eigenvalue weighted by molar-refractivity contribution is -0.0294. The molecule has 14 heavy (non-hydrogen) atoms. The average Bonchev–Trinajstić information content (AvgIpc) is 2.28. The molecule has 1 heterocycles. The fraction of sp³-hybridized carbons (Fsp3) is 0.750. The fourth-order valence-corrected chi connectivity index (χ4v) is 1.09. The summed E-state index contributed by atoms with van der Waals surface area (Å²) in [6, 6.07) is 0.